The van der Waals surface area contributed by atoms with E-state index in [1.807, 2.05) is 6.92 Å². The van der Waals surface area contributed by atoms with E-state index in [-0.39, 0.29) is 5.97 Å². The number of hydrogen-bond donors (Lipinski definition) is 0. The first-order valence-electron chi connectivity index (χ1n) is 7.99. The van der Waals surface area contributed by atoms with Crippen LogP contribution >= 0.6 is 0 Å². The zero-order valence-electron chi connectivity index (χ0n) is 13.0. The summed E-state index contributed by atoms with van der Waals surface area (Å²) >= 11 is 0. The highest BCUT2D eigenvalue weighted by Crippen LogP contribution is 2.17. The number of piperidine rings is 1. The van der Waals surface area contributed by atoms with E-state index in [1.54, 1.807) is 0 Å². The van der Waals surface area contributed by atoms with Crippen molar-refractivity contribution in [2.75, 3.05) is 59.5 Å². The molecule has 0 saturated carbocycles. The van der Waals surface area contributed by atoms with Gasteiger partial charge in [0.05, 0.1) is 13.0 Å². The molecule has 116 valence electrons. The van der Waals surface area contributed by atoms with Crippen LogP contribution in [0.25, 0.3) is 0 Å². The molecule has 0 spiro atoms. The number of piperazine rings is 1. The van der Waals surface area contributed by atoms with Crippen LogP contribution in [0.4, 0.5) is 0 Å². The van der Waals surface area contributed by atoms with Gasteiger partial charge in [-0.05, 0) is 39.9 Å². The van der Waals surface area contributed by atoms with Gasteiger partial charge in [-0.25, -0.2) is 0 Å². The fourth-order valence-corrected chi connectivity index (χ4v) is 3.19. The zero-order valence-corrected chi connectivity index (χ0v) is 13.0. The molecule has 2 fully saturated rings. The molecule has 0 N–H and O–H groups in total. The van der Waals surface area contributed by atoms with E-state index in [2.05, 4.69) is 21.7 Å². The number of rotatable bonds is 5. The van der Waals surface area contributed by atoms with Crippen molar-refractivity contribution in [2.45, 2.75) is 32.2 Å². The maximum atomic E-state index is 11.4. The average Bonchev–Trinajstić information content (AvgIpc) is 2.47. The Labute approximate surface area is 122 Å². The molecule has 0 unspecified atom stereocenters. The third kappa shape index (κ3) is 4.72. The molecule has 2 heterocycles. The number of esters is 1. The molecule has 2 aliphatic heterocycles. The second-order valence-corrected chi connectivity index (χ2v) is 5.97. The molecule has 0 amide bonds. The lowest BCUT2D eigenvalue weighted by Gasteiger charge is -2.42. The summed E-state index contributed by atoms with van der Waals surface area (Å²) in [7, 11) is 2.21. The Balaban J connectivity index is 1.63. The van der Waals surface area contributed by atoms with Crippen molar-refractivity contribution in [3.63, 3.8) is 0 Å². The van der Waals surface area contributed by atoms with Gasteiger partial charge in [0.2, 0.25) is 0 Å². The Morgan fingerprint density at radius 2 is 1.75 bits per heavy atom. The fraction of sp³-hybridized carbons (Fsp3) is 0.933. The standard InChI is InChI=1S/C15H29N3O2/c1-3-20-15(19)6-9-17-10-12-18(13-11-17)14-4-7-16(2)8-5-14/h14H,3-13H2,1-2H3. The highest BCUT2D eigenvalue weighted by molar-refractivity contribution is 5.69. The van der Waals surface area contributed by atoms with Crippen molar-refractivity contribution in [3.8, 4) is 0 Å². The Kier molecular flexibility index (Phi) is 6.26. The third-order valence-corrected chi connectivity index (χ3v) is 4.55. The zero-order chi connectivity index (χ0) is 14.4. The number of carbonyl (C=O) groups excluding carboxylic acids is 1. The first kappa shape index (κ1) is 15.7. The summed E-state index contributed by atoms with van der Waals surface area (Å²) < 4.78 is 4.98. The van der Waals surface area contributed by atoms with Crippen molar-refractivity contribution >= 4 is 5.97 Å². The van der Waals surface area contributed by atoms with Crippen LogP contribution < -0.4 is 0 Å². The Hall–Kier alpha value is -0.650. The predicted molar refractivity (Wildman–Crippen MR) is 79.8 cm³/mol. The van der Waals surface area contributed by atoms with E-state index in [0.29, 0.717) is 13.0 Å². The molecule has 0 aromatic heterocycles. The molecule has 0 aliphatic carbocycles. The minimum absolute atomic E-state index is 0.0646. The van der Waals surface area contributed by atoms with Crippen LogP contribution in [-0.4, -0.2) is 86.2 Å². The molecular weight excluding hydrogens is 254 g/mol. The Morgan fingerprint density at radius 1 is 1.10 bits per heavy atom. The summed E-state index contributed by atoms with van der Waals surface area (Å²) in [6, 6.07) is 0.776. The second kappa shape index (κ2) is 7.96. The van der Waals surface area contributed by atoms with Crippen molar-refractivity contribution in [3.05, 3.63) is 0 Å². The van der Waals surface area contributed by atoms with Crippen LogP contribution in [0.5, 0.6) is 0 Å². The van der Waals surface area contributed by atoms with Crippen LogP contribution in [0.3, 0.4) is 0 Å². The fourth-order valence-electron chi connectivity index (χ4n) is 3.19. The van der Waals surface area contributed by atoms with E-state index in [0.717, 1.165) is 38.8 Å². The molecule has 5 nitrogen and oxygen atoms in total. The lowest BCUT2D eigenvalue weighted by atomic mass is 10.0. The van der Waals surface area contributed by atoms with Gasteiger partial charge in [0.15, 0.2) is 0 Å². The van der Waals surface area contributed by atoms with Crippen molar-refractivity contribution < 1.29 is 9.53 Å². The van der Waals surface area contributed by atoms with Gasteiger partial charge in [-0.2, -0.15) is 0 Å². The quantitative estimate of drug-likeness (QED) is 0.693. The van der Waals surface area contributed by atoms with Crippen molar-refractivity contribution in [1.29, 1.82) is 0 Å². The number of carbonyl (C=O) groups is 1. The van der Waals surface area contributed by atoms with Crippen LogP contribution in [0.15, 0.2) is 0 Å². The highest BCUT2D eigenvalue weighted by atomic mass is 16.5. The molecule has 5 heteroatoms. The summed E-state index contributed by atoms with van der Waals surface area (Å²) in [5.74, 6) is -0.0646. The minimum Gasteiger partial charge on any atom is -0.466 e. The Morgan fingerprint density at radius 3 is 2.35 bits per heavy atom. The van der Waals surface area contributed by atoms with Crippen LogP contribution in [0.2, 0.25) is 0 Å². The molecule has 2 rings (SSSR count). The van der Waals surface area contributed by atoms with E-state index in [9.17, 15) is 4.79 Å². The summed E-state index contributed by atoms with van der Waals surface area (Å²) in [5, 5.41) is 0. The minimum atomic E-state index is -0.0646. The van der Waals surface area contributed by atoms with E-state index >= 15 is 0 Å². The molecule has 0 bridgehead atoms. The first-order chi connectivity index (χ1) is 9.69. The maximum absolute atomic E-state index is 11.4. The van der Waals surface area contributed by atoms with Gasteiger partial charge in [-0.3, -0.25) is 9.69 Å². The lowest BCUT2D eigenvalue weighted by Crippen LogP contribution is -2.53. The van der Waals surface area contributed by atoms with Gasteiger partial charge in [-0.1, -0.05) is 0 Å². The molecule has 0 aromatic rings. The molecule has 2 saturated heterocycles. The molecule has 0 aromatic carbocycles. The van der Waals surface area contributed by atoms with Crippen LogP contribution in [0, 0.1) is 0 Å². The van der Waals surface area contributed by atoms with Gasteiger partial charge in [0.25, 0.3) is 0 Å². The molecule has 0 radical (unpaired) electrons. The van der Waals surface area contributed by atoms with Crippen molar-refractivity contribution in [2.24, 2.45) is 0 Å². The second-order valence-electron chi connectivity index (χ2n) is 5.97. The van der Waals surface area contributed by atoms with Gasteiger partial charge in [0.1, 0.15) is 0 Å². The average molecular weight is 283 g/mol. The smallest absolute Gasteiger partial charge is 0.307 e. The van der Waals surface area contributed by atoms with Crippen LogP contribution in [0.1, 0.15) is 26.2 Å². The monoisotopic (exact) mass is 283 g/mol. The number of ether oxygens (including phenoxy) is 1. The number of hydrogen-bond acceptors (Lipinski definition) is 5. The van der Waals surface area contributed by atoms with Gasteiger partial charge >= 0.3 is 5.97 Å². The summed E-state index contributed by atoms with van der Waals surface area (Å²) in [4.78, 5) is 18.8. The SMILES string of the molecule is CCOC(=O)CCN1CCN(C2CCN(C)CC2)CC1. The predicted octanol–water partition coefficient (Wildman–Crippen LogP) is 0.651. The maximum Gasteiger partial charge on any atom is 0.307 e. The summed E-state index contributed by atoms with van der Waals surface area (Å²) in [6.45, 7) is 10.1. The molecule has 0 atom stereocenters. The highest BCUT2D eigenvalue weighted by Gasteiger charge is 2.26. The normalized spacial score (nSPS) is 23.9. The third-order valence-electron chi connectivity index (χ3n) is 4.55. The number of likely N-dealkylation sites (tertiary alicyclic amines) is 1. The van der Waals surface area contributed by atoms with Gasteiger partial charge < -0.3 is 14.5 Å². The number of nitrogens with zero attached hydrogens (tertiary/aromatic N) is 3. The van der Waals surface area contributed by atoms with Gasteiger partial charge in [0, 0.05) is 38.8 Å². The lowest BCUT2D eigenvalue weighted by molar-refractivity contribution is -0.143. The van der Waals surface area contributed by atoms with Crippen LogP contribution in [-0.2, 0) is 9.53 Å². The topological polar surface area (TPSA) is 36.0 Å². The molecule has 20 heavy (non-hydrogen) atoms. The summed E-state index contributed by atoms with van der Waals surface area (Å²) in [6.07, 6.45) is 3.14. The largest absolute Gasteiger partial charge is 0.466 e. The van der Waals surface area contributed by atoms with Gasteiger partial charge in [-0.15, -0.1) is 0 Å². The van der Waals surface area contributed by atoms with E-state index in [4.69, 9.17) is 4.74 Å². The van der Waals surface area contributed by atoms with Crippen molar-refractivity contribution in [1.82, 2.24) is 14.7 Å². The molecule has 2 aliphatic rings. The van der Waals surface area contributed by atoms with E-state index in [1.165, 1.54) is 25.9 Å². The van der Waals surface area contributed by atoms with E-state index < -0.39 is 0 Å². The summed E-state index contributed by atoms with van der Waals surface area (Å²) in [5.41, 5.74) is 0. The Bertz CT molecular complexity index is 295. The molecular formula is C15H29N3O2. The first-order valence-corrected chi connectivity index (χ1v) is 7.99.